The molecule has 0 saturated heterocycles. The fraction of sp³-hybridized carbons (Fsp3) is 0.394. The van der Waals surface area contributed by atoms with Gasteiger partial charge in [-0.15, -0.1) is 0 Å². The average molecular weight is 516 g/mol. The summed E-state index contributed by atoms with van der Waals surface area (Å²) in [4.78, 5) is 22.9. The van der Waals surface area contributed by atoms with Gasteiger partial charge in [-0.2, -0.15) is 0 Å². The van der Waals surface area contributed by atoms with Gasteiger partial charge in [0.05, 0.1) is 13.0 Å². The van der Waals surface area contributed by atoms with Crippen LogP contribution in [0.5, 0.6) is 5.75 Å². The Labute approximate surface area is 227 Å². The number of aryl methyl sites for hydroxylation is 2. The molecule has 38 heavy (non-hydrogen) atoms. The summed E-state index contributed by atoms with van der Waals surface area (Å²) in [5.74, 6) is 0.150. The van der Waals surface area contributed by atoms with Crippen molar-refractivity contribution in [2.24, 2.45) is 5.92 Å². The molecule has 202 valence electrons. The molecule has 0 fully saturated rings. The van der Waals surface area contributed by atoms with Gasteiger partial charge in [-0.25, -0.2) is 0 Å². The van der Waals surface area contributed by atoms with Crippen LogP contribution in [0.3, 0.4) is 0 Å². The summed E-state index contributed by atoms with van der Waals surface area (Å²) < 4.78 is 6.32. The summed E-state index contributed by atoms with van der Waals surface area (Å²) in [6, 6.07) is 20.6. The lowest BCUT2D eigenvalue weighted by molar-refractivity contribution is -0.136. The molecule has 0 radical (unpaired) electrons. The van der Waals surface area contributed by atoms with Crippen LogP contribution in [0.15, 0.2) is 60.7 Å². The second-order valence-electron chi connectivity index (χ2n) is 11.4. The maximum Gasteiger partial charge on any atom is 0.305 e. The van der Waals surface area contributed by atoms with Crippen molar-refractivity contribution >= 4 is 11.9 Å². The molecule has 1 amide bonds. The van der Waals surface area contributed by atoms with E-state index in [-0.39, 0.29) is 30.2 Å². The van der Waals surface area contributed by atoms with Gasteiger partial charge in [0.2, 0.25) is 0 Å². The molecule has 3 rings (SSSR count). The van der Waals surface area contributed by atoms with Gasteiger partial charge in [0, 0.05) is 18.0 Å². The fourth-order valence-corrected chi connectivity index (χ4v) is 4.73. The van der Waals surface area contributed by atoms with Crippen LogP contribution in [0.2, 0.25) is 0 Å². The molecule has 0 aliphatic heterocycles. The second kappa shape index (κ2) is 12.3. The minimum absolute atomic E-state index is 0.0972. The number of hydrogen-bond acceptors (Lipinski definition) is 3. The van der Waals surface area contributed by atoms with Crippen molar-refractivity contribution in [2.75, 3.05) is 13.2 Å². The molecule has 0 spiro atoms. The quantitative estimate of drug-likeness (QED) is 0.297. The van der Waals surface area contributed by atoms with Gasteiger partial charge in [0.25, 0.3) is 5.91 Å². The zero-order valence-electron chi connectivity index (χ0n) is 23.7. The van der Waals surface area contributed by atoms with E-state index in [2.05, 4.69) is 90.2 Å². The number of aliphatic carboxylic acids is 1. The Balaban J connectivity index is 1.71. The lowest BCUT2D eigenvalue weighted by Crippen LogP contribution is -2.26. The predicted molar refractivity (Wildman–Crippen MR) is 154 cm³/mol. The lowest BCUT2D eigenvalue weighted by atomic mass is 9.85. The van der Waals surface area contributed by atoms with Crippen LogP contribution in [0.25, 0.3) is 11.1 Å². The van der Waals surface area contributed by atoms with Crippen molar-refractivity contribution in [1.29, 1.82) is 0 Å². The number of carboxylic acid groups (broad SMARTS) is 1. The number of carbonyl (C=O) groups excluding carboxylic acids is 1. The normalized spacial score (nSPS) is 12.3. The van der Waals surface area contributed by atoms with Crippen molar-refractivity contribution in [2.45, 2.75) is 66.2 Å². The highest BCUT2D eigenvalue weighted by molar-refractivity contribution is 5.94. The number of carbonyl (C=O) groups is 2. The van der Waals surface area contributed by atoms with Crippen LogP contribution in [0.4, 0.5) is 0 Å². The van der Waals surface area contributed by atoms with Gasteiger partial charge >= 0.3 is 5.97 Å². The minimum Gasteiger partial charge on any atom is -0.493 e. The Morgan fingerprint density at radius 2 is 1.50 bits per heavy atom. The maximum atomic E-state index is 12.3. The minimum atomic E-state index is -0.935. The van der Waals surface area contributed by atoms with Crippen molar-refractivity contribution < 1.29 is 19.4 Å². The molecule has 0 bridgehead atoms. The molecular formula is C33H41NO4. The van der Waals surface area contributed by atoms with Crippen LogP contribution in [0, 0.1) is 19.8 Å². The van der Waals surface area contributed by atoms with E-state index in [0.29, 0.717) is 18.1 Å². The van der Waals surface area contributed by atoms with Crippen LogP contribution >= 0.6 is 0 Å². The van der Waals surface area contributed by atoms with E-state index in [1.54, 1.807) is 12.1 Å². The van der Waals surface area contributed by atoms with Crippen molar-refractivity contribution in [3.05, 3.63) is 88.5 Å². The molecule has 0 aliphatic carbocycles. The molecule has 1 atom stereocenters. The predicted octanol–water partition coefficient (Wildman–Crippen LogP) is 7.29. The van der Waals surface area contributed by atoms with Gasteiger partial charge in [-0.1, -0.05) is 71.0 Å². The summed E-state index contributed by atoms with van der Waals surface area (Å²) in [5, 5.41) is 11.4. The summed E-state index contributed by atoms with van der Waals surface area (Å²) in [5.41, 5.74) is 7.89. The van der Waals surface area contributed by atoms with E-state index in [4.69, 9.17) is 9.84 Å². The van der Waals surface area contributed by atoms with Gasteiger partial charge in [-0.3, -0.25) is 9.59 Å². The Hall–Kier alpha value is -3.60. The molecule has 0 aliphatic rings. The van der Waals surface area contributed by atoms with E-state index >= 15 is 0 Å². The molecule has 0 saturated carbocycles. The zero-order chi connectivity index (χ0) is 28.0. The van der Waals surface area contributed by atoms with Gasteiger partial charge in [0.15, 0.2) is 0 Å². The first-order valence-electron chi connectivity index (χ1n) is 13.3. The monoisotopic (exact) mass is 515 g/mol. The Kier molecular flexibility index (Phi) is 9.37. The van der Waals surface area contributed by atoms with E-state index in [1.807, 2.05) is 12.1 Å². The zero-order valence-corrected chi connectivity index (χ0v) is 23.7. The Bertz CT molecular complexity index is 1230. The summed E-state index contributed by atoms with van der Waals surface area (Å²) in [6.45, 7) is 15.9. The maximum absolute atomic E-state index is 12.3. The first kappa shape index (κ1) is 29.0. The van der Waals surface area contributed by atoms with E-state index in [1.165, 1.54) is 27.8 Å². The van der Waals surface area contributed by atoms with Crippen LogP contribution in [-0.4, -0.2) is 30.1 Å². The number of nitrogens with one attached hydrogen (secondary N) is 1. The molecule has 0 aromatic heterocycles. The highest BCUT2D eigenvalue weighted by Crippen LogP contribution is 2.34. The molecule has 5 heteroatoms. The highest BCUT2D eigenvalue weighted by Gasteiger charge is 2.19. The van der Waals surface area contributed by atoms with Crippen LogP contribution < -0.4 is 10.1 Å². The number of ether oxygens (including phenoxy) is 1. The Morgan fingerprint density at radius 1 is 0.921 bits per heavy atom. The number of amides is 1. The third-order valence-corrected chi connectivity index (χ3v) is 7.01. The SMILES string of the molecule is Cc1cc(OCC(c2ccc(C(=O)NCCC(=O)O)cc2)C(C)C)cc(C)c1-c1ccc(C(C)(C)C)cc1. The standard InChI is InChI=1S/C33H41NO4/c1-21(2)29(24-8-10-26(11-9-24)32(37)34-17-16-30(35)36)20-38-28-18-22(3)31(23(4)19-28)25-12-14-27(15-13-25)33(5,6)7/h8-15,18-19,21,29H,16-17,20H2,1-7H3,(H,34,37)(H,35,36). The van der Waals surface area contributed by atoms with E-state index in [0.717, 1.165) is 11.3 Å². The number of carboxylic acids is 1. The van der Waals surface area contributed by atoms with Gasteiger partial charge in [-0.05, 0) is 82.8 Å². The summed E-state index contributed by atoms with van der Waals surface area (Å²) >= 11 is 0. The molecule has 0 heterocycles. The van der Waals surface area contributed by atoms with E-state index in [9.17, 15) is 9.59 Å². The molecular weight excluding hydrogens is 474 g/mol. The fourth-order valence-electron chi connectivity index (χ4n) is 4.73. The number of hydrogen-bond donors (Lipinski definition) is 2. The summed E-state index contributed by atoms with van der Waals surface area (Å²) in [7, 11) is 0. The van der Waals surface area contributed by atoms with Gasteiger partial charge in [0.1, 0.15) is 5.75 Å². The smallest absolute Gasteiger partial charge is 0.305 e. The largest absolute Gasteiger partial charge is 0.493 e. The molecule has 2 N–H and O–H groups in total. The van der Waals surface area contributed by atoms with Crippen LogP contribution in [-0.2, 0) is 10.2 Å². The Morgan fingerprint density at radius 3 is 2.00 bits per heavy atom. The summed E-state index contributed by atoms with van der Waals surface area (Å²) in [6.07, 6.45) is -0.0972. The third kappa shape index (κ3) is 7.47. The van der Waals surface area contributed by atoms with Crippen LogP contribution in [0.1, 0.15) is 79.6 Å². The molecule has 5 nitrogen and oxygen atoms in total. The van der Waals surface area contributed by atoms with E-state index < -0.39 is 5.97 Å². The number of rotatable bonds is 10. The first-order chi connectivity index (χ1) is 17.9. The number of benzene rings is 3. The molecule has 1 unspecified atom stereocenters. The average Bonchev–Trinajstić information content (AvgIpc) is 2.83. The second-order valence-corrected chi connectivity index (χ2v) is 11.4. The van der Waals surface area contributed by atoms with Crippen molar-refractivity contribution in [3.63, 3.8) is 0 Å². The lowest BCUT2D eigenvalue weighted by Gasteiger charge is -2.23. The van der Waals surface area contributed by atoms with Crippen molar-refractivity contribution in [3.8, 4) is 16.9 Å². The molecule has 3 aromatic carbocycles. The topological polar surface area (TPSA) is 75.6 Å². The molecule has 3 aromatic rings. The highest BCUT2D eigenvalue weighted by atomic mass is 16.5. The van der Waals surface area contributed by atoms with Crippen molar-refractivity contribution in [1.82, 2.24) is 5.32 Å². The third-order valence-electron chi connectivity index (χ3n) is 7.01. The first-order valence-corrected chi connectivity index (χ1v) is 13.3. The van der Waals surface area contributed by atoms with Gasteiger partial charge < -0.3 is 15.2 Å².